The van der Waals surface area contributed by atoms with Crippen molar-refractivity contribution in [2.45, 2.75) is 33.4 Å². The molecule has 0 N–H and O–H groups in total. The number of imidazole rings is 1. The van der Waals surface area contributed by atoms with Crippen LogP contribution in [0.15, 0.2) is 0 Å². The first-order chi connectivity index (χ1) is 9.37. The number of hydrogen-bond donors (Lipinski definition) is 0. The lowest BCUT2D eigenvalue weighted by molar-refractivity contribution is 0.588. The lowest BCUT2D eigenvalue weighted by atomic mass is 10.4. The zero-order valence-corrected chi connectivity index (χ0v) is 13.5. The van der Waals surface area contributed by atoms with Crippen LogP contribution >= 0.6 is 11.6 Å². The molecule has 0 radical (unpaired) electrons. The number of halogens is 1. The van der Waals surface area contributed by atoms with Gasteiger partial charge in [0, 0.05) is 31.6 Å². The number of rotatable bonds is 6. The fraction of sp³-hybridized carbons (Fsp3) is 0.667. The van der Waals surface area contributed by atoms with Gasteiger partial charge in [-0.25, -0.2) is 18.1 Å². The molecule has 6 nitrogen and oxygen atoms in total. The molecule has 2 rings (SSSR count). The molecule has 0 bridgehead atoms. The van der Waals surface area contributed by atoms with E-state index in [0.29, 0.717) is 18.8 Å². The predicted molar refractivity (Wildman–Crippen MR) is 80.1 cm³/mol. The first kappa shape index (κ1) is 15.3. The van der Waals surface area contributed by atoms with E-state index in [1.165, 1.54) is 6.26 Å². The summed E-state index contributed by atoms with van der Waals surface area (Å²) >= 11 is 5.81. The summed E-state index contributed by atoms with van der Waals surface area (Å²) in [4.78, 5) is 4.57. The van der Waals surface area contributed by atoms with E-state index < -0.39 is 9.84 Å². The SMILES string of the molecule is CCn1nc(C)c2nc(CCCl)n(CCS(C)(=O)=O)c21. The highest BCUT2D eigenvalue weighted by Gasteiger charge is 2.18. The van der Waals surface area contributed by atoms with Crippen LogP contribution in [0.4, 0.5) is 0 Å². The Kier molecular flexibility index (Phi) is 4.39. The summed E-state index contributed by atoms with van der Waals surface area (Å²) in [7, 11) is -3.02. The molecule has 0 amide bonds. The zero-order valence-electron chi connectivity index (χ0n) is 11.9. The first-order valence-electron chi connectivity index (χ1n) is 6.53. The Balaban J connectivity index is 2.54. The summed E-state index contributed by atoms with van der Waals surface area (Å²) in [6.45, 7) is 5.01. The van der Waals surface area contributed by atoms with Gasteiger partial charge in [-0.2, -0.15) is 5.10 Å². The van der Waals surface area contributed by atoms with Gasteiger partial charge < -0.3 is 4.57 Å². The van der Waals surface area contributed by atoms with Crippen molar-refractivity contribution in [1.82, 2.24) is 19.3 Å². The Labute approximate surface area is 123 Å². The summed E-state index contributed by atoms with van der Waals surface area (Å²) in [5, 5.41) is 4.43. The number of sulfone groups is 1. The summed E-state index contributed by atoms with van der Waals surface area (Å²) < 4.78 is 26.6. The highest BCUT2D eigenvalue weighted by atomic mass is 35.5. The molecule has 2 aromatic heterocycles. The molecule has 0 saturated heterocycles. The van der Waals surface area contributed by atoms with Gasteiger partial charge in [-0.3, -0.25) is 0 Å². The fourth-order valence-corrected chi connectivity index (χ4v) is 2.94. The van der Waals surface area contributed by atoms with Crippen LogP contribution in [0.25, 0.3) is 11.2 Å². The maximum Gasteiger partial charge on any atom is 0.158 e. The molecule has 0 aliphatic carbocycles. The topological polar surface area (TPSA) is 69.8 Å². The Morgan fingerprint density at radius 3 is 2.60 bits per heavy atom. The summed E-state index contributed by atoms with van der Waals surface area (Å²) in [6, 6.07) is 0. The first-order valence-corrected chi connectivity index (χ1v) is 9.13. The lowest BCUT2D eigenvalue weighted by Gasteiger charge is -2.09. The molecule has 20 heavy (non-hydrogen) atoms. The van der Waals surface area contributed by atoms with Crippen LogP contribution in [0.1, 0.15) is 18.4 Å². The van der Waals surface area contributed by atoms with E-state index in [4.69, 9.17) is 11.6 Å². The van der Waals surface area contributed by atoms with E-state index >= 15 is 0 Å². The van der Waals surface area contributed by atoms with Gasteiger partial charge in [-0.05, 0) is 13.8 Å². The van der Waals surface area contributed by atoms with Gasteiger partial charge in [0.15, 0.2) is 5.65 Å². The Bertz CT molecular complexity index is 717. The molecule has 0 unspecified atom stereocenters. The van der Waals surface area contributed by atoms with Gasteiger partial charge in [-0.15, -0.1) is 11.6 Å². The standard InChI is InChI=1S/C12H19ClN4O2S/c1-4-17-12-11(9(2)15-17)14-10(5-6-13)16(12)7-8-20(3,18)19/h4-8H2,1-3H3. The van der Waals surface area contributed by atoms with E-state index in [9.17, 15) is 8.42 Å². The quantitative estimate of drug-likeness (QED) is 0.755. The number of fused-ring (bicyclic) bond motifs is 1. The third-order valence-corrected chi connectivity index (χ3v) is 4.29. The van der Waals surface area contributed by atoms with Crippen LogP contribution in [-0.2, 0) is 29.3 Å². The van der Waals surface area contributed by atoms with Crippen molar-refractivity contribution >= 4 is 32.6 Å². The molecule has 112 valence electrons. The Morgan fingerprint density at radius 1 is 1.35 bits per heavy atom. The van der Waals surface area contributed by atoms with Crippen molar-refractivity contribution in [3.8, 4) is 0 Å². The number of hydrogen-bond acceptors (Lipinski definition) is 4. The van der Waals surface area contributed by atoms with Crippen molar-refractivity contribution in [2.24, 2.45) is 0 Å². The predicted octanol–water partition coefficient (Wildman–Crippen LogP) is 1.39. The second kappa shape index (κ2) is 5.73. The molecule has 0 aromatic carbocycles. The fourth-order valence-electron chi connectivity index (χ4n) is 2.26. The average Bonchev–Trinajstić information content (AvgIpc) is 2.85. The van der Waals surface area contributed by atoms with E-state index in [1.807, 2.05) is 23.1 Å². The molecular weight excluding hydrogens is 300 g/mol. The van der Waals surface area contributed by atoms with Crippen LogP contribution in [0.2, 0.25) is 0 Å². The molecule has 2 aromatic rings. The smallest absolute Gasteiger partial charge is 0.158 e. The highest BCUT2D eigenvalue weighted by molar-refractivity contribution is 7.90. The van der Waals surface area contributed by atoms with Crippen LogP contribution in [0.3, 0.4) is 0 Å². The van der Waals surface area contributed by atoms with E-state index in [-0.39, 0.29) is 5.75 Å². The van der Waals surface area contributed by atoms with Crippen molar-refractivity contribution in [1.29, 1.82) is 0 Å². The monoisotopic (exact) mass is 318 g/mol. The number of aryl methyl sites for hydroxylation is 4. The number of alkyl halides is 1. The van der Waals surface area contributed by atoms with Crippen molar-refractivity contribution in [3.05, 3.63) is 11.5 Å². The van der Waals surface area contributed by atoms with Crippen LogP contribution < -0.4 is 0 Å². The summed E-state index contributed by atoms with van der Waals surface area (Å²) in [5.74, 6) is 1.36. The van der Waals surface area contributed by atoms with Gasteiger partial charge in [0.1, 0.15) is 21.2 Å². The zero-order chi connectivity index (χ0) is 14.9. The maximum absolute atomic E-state index is 11.4. The Hall–Kier alpha value is -1.08. The second-order valence-electron chi connectivity index (χ2n) is 4.82. The minimum absolute atomic E-state index is 0.0850. The van der Waals surface area contributed by atoms with Crippen LogP contribution in [-0.4, -0.2) is 45.6 Å². The molecular formula is C12H19ClN4O2S. The molecule has 0 spiro atoms. The summed E-state index contributed by atoms with van der Waals surface area (Å²) in [6.07, 6.45) is 1.86. The van der Waals surface area contributed by atoms with E-state index in [1.54, 1.807) is 0 Å². The Morgan fingerprint density at radius 2 is 2.05 bits per heavy atom. The van der Waals surface area contributed by atoms with Crippen LogP contribution in [0.5, 0.6) is 0 Å². The van der Waals surface area contributed by atoms with E-state index in [0.717, 1.165) is 29.2 Å². The summed E-state index contributed by atoms with van der Waals surface area (Å²) in [5.41, 5.74) is 2.57. The highest BCUT2D eigenvalue weighted by Crippen LogP contribution is 2.20. The molecule has 0 aliphatic heterocycles. The second-order valence-corrected chi connectivity index (χ2v) is 7.46. The third-order valence-electron chi connectivity index (χ3n) is 3.18. The van der Waals surface area contributed by atoms with Gasteiger partial charge in [0.2, 0.25) is 0 Å². The minimum Gasteiger partial charge on any atom is -0.312 e. The maximum atomic E-state index is 11.4. The molecule has 8 heteroatoms. The molecule has 2 heterocycles. The third kappa shape index (κ3) is 2.98. The van der Waals surface area contributed by atoms with Crippen molar-refractivity contribution < 1.29 is 8.42 Å². The minimum atomic E-state index is -3.02. The average molecular weight is 319 g/mol. The van der Waals surface area contributed by atoms with Crippen molar-refractivity contribution in [2.75, 3.05) is 17.9 Å². The number of aromatic nitrogens is 4. The van der Waals surface area contributed by atoms with E-state index in [2.05, 4.69) is 10.1 Å². The molecule has 0 aliphatic rings. The lowest BCUT2D eigenvalue weighted by Crippen LogP contribution is -2.15. The normalized spacial score (nSPS) is 12.4. The van der Waals surface area contributed by atoms with Crippen molar-refractivity contribution in [3.63, 3.8) is 0 Å². The number of nitrogens with zero attached hydrogens (tertiary/aromatic N) is 4. The molecule has 0 fully saturated rings. The largest absolute Gasteiger partial charge is 0.312 e. The van der Waals surface area contributed by atoms with Crippen LogP contribution in [0, 0.1) is 6.92 Å². The molecule has 0 saturated carbocycles. The molecule has 0 atom stereocenters. The van der Waals surface area contributed by atoms with Gasteiger partial charge in [-0.1, -0.05) is 0 Å². The van der Waals surface area contributed by atoms with Gasteiger partial charge in [0.05, 0.1) is 11.4 Å². The van der Waals surface area contributed by atoms with Gasteiger partial charge in [0.25, 0.3) is 0 Å². The van der Waals surface area contributed by atoms with Gasteiger partial charge >= 0.3 is 0 Å².